The van der Waals surface area contributed by atoms with Crippen molar-refractivity contribution < 1.29 is 19.1 Å². The van der Waals surface area contributed by atoms with Crippen molar-refractivity contribution in [3.63, 3.8) is 0 Å². The number of anilines is 1. The number of amides is 2. The topological polar surface area (TPSA) is 96.9 Å². The maximum atomic E-state index is 12.6. The average molecular weight is 496 g/mol. The van der Waals surface area contributed by atoms with E-state index < -0.39 is 5.60 Å². The van der Waals surface area contributed by atoms with Crippen molar-refractivity contribution in [1.29, 1.82) is 0 Å². The smallest absolute Gasteiger partial charge is 0.410 e. The number of benzene rings is 1. The minimum Gasteiger partial charge on any atom is -0.473 e. The van der Waals surface area contributed by atoms with Crippen LogP contribution in [0.15, 0.2) is 36.7 Å². The van der Waals surface area contributed by atoms with E-state index in [0.29, 0.717) is 31.8 Å². The molecule has 3 heterocycles. The first-order chi connectivity index (χ1) is 17.2. The highest BCUT2D eigenvalue weighted by atomic mass is 16.6. The van der Waals surface area contributed by atoms with Crippen LogP contribution in [0.2, 0.25) is 0 Å². The van der Waals surface area contributed by atoms with Crippen LogP contribution in [-0.2, 0) is 4.74 Å². The predicted molar refractivity (Wildman–Crippen MR) is 137 cm³/mol. The van der Waals surface area contributed by atoms with Crippen molar-refractivity contribution >= 4 is 17.7 Å². The van der Waals surface area contributed by atoms with Gasteiger partial charge in [0.05, 0.1) is 12.4 Å². The molecule has 0 unspecified atom stereocenters. The van der Waals surface area contributed by atoms with E-state index in [1.807, 2.05) is 20.8 Å². The zero-order chi connectivity index (χ0) is 25.7. The summed E-state index contributed by atoms with van der Waals surface area (Å²) in [6.45, 7) is 10.6. The first-order valence-electron chi connectivity index (χ1n) is 12.8. The van der Waals surface area contributed by atoms with E-state index in [2.05, 4.69) is 51.4 Å². The van der Waals surface area contributed by atoms with Gasteiger partial charge in [0.1, 0.15) is 17.4 Å². The molecule has 2 saturated heterocycles. The van der Waals surface area contributed by atoms with Crippen LogP contribution in [0.4, 0.5) is 10.5 Å². The average Bonchev–Trinajstić information content (AvgIpc) is 2.85. The van der Waals surface area contributed by atoms with E-state index in [0.717, 1.165) is 25.9 Å². The van der Waals surface area contributed by atoms with Crippen LogP contribution in [0, 0.1) is 6.92 Å². The molecular formula is C27H37N5O4. The van der Waals surface area contributed by atoms with Crippen LogP contribution in [0.1, 0.15) is 62.5 Å². The highest BCUT2D eigenvalue weighted by Gasteiger charge is 2.28. The molecule has 194 valence electrons. The third-order valence-corrected chi connectivity index (χ3v) is 6.47. The molecule has 2 fully saturated rings. The Balaban J connectivity index is 1.20. The van der Waals surface area contributed by atoms with E-state index in [-0.39, 0.29) is 29.8 Å². The number of hydrogen-bond acceptors (Lipinski definition) is 7. The number of rotatable bonds is 5. The van der Waals surface area contributed by atoms with Gasteiger partial charge in [-0.1, -0.05) is 17.7 Å². The Kier molecular flexibility index (Phi) is 7.96. The normalized spacial score (nSPS) is 17.6. The molecular weight excluding hydrogens is 458 g/mol. The molecule has 36 heavy (non-hydrogen) atoms. The van der Waals surface area contributed by atoms with Crippen LogP contribution < -0.4 is 15.0 Å². The van der Waals surface area contributed by atoms with Crippen LogP contribution in [-0.4, -0.2) is 70.8 Å². The summed E-state index contributed by atoms with van der Waals surface area (Å²) in [5.74, 6) is 0.169. The van der Waals surface area contributed by atoms with Crippen molar-refractivity contribution in [1.82, 2.24) is 20.2 Å². The zero-order valence-electron chi connectivity index (χ0n) is 21.7. The van der Waals surface area contributed by atoms with Gasteiger partial charge in [-0.3, -0.25) is 4.79 Å². The van der Waals surface area contributed by atoms with E-state index in [9.17, 15) is 9.59 Å². The Morgan fingerprint density at radius 3 is 2.19 bits per heavy atom. The number of nitrogens with zero attached hydrogens (tertiary/aromatic N) is 4. The van der Waals surface area contributed by atoms with E-state index in [1.54, 1.807) is 4.90 Å². The molecule has 9 nitrogen and oxygen atoms in total. The standard InChI is InChI=1S/C27H37N5O4/c1-19-5-7-21(8-6-19)31-15-11-22(12-16-31)35-24-18-28-23(17-29-24)25(33)30-20-9-13-32(14-10-20)26(34)36-27(2,3)4/h5-8,17-18,20,22H,9-16H2,1-4H3,(H,30,33). The fraction of sp³-hybridized carbons (Fsp3) is 0.556. The summed E-state index contributed by atoms with van der Waals surface area (Å²) in [5, 5.41) is 3.00. The van der Waals surface area contributed by atoms with Crippen LogP contribution in [0.5, 0.6) is 5.88 Å². The summed E-state index contributed by atoms with van der Waals surface area (Å²) in [6, 6.07) is 8.58. The third kappa shape index (κ3) is 7.08. The molecule has 0 bridgehead atoms. The number of likely N-dealkylation sites (tertiary alicyclic amines) is 1. The van der Waals surface area contributed by atoms with Crippen molar-refractivity contribution in [2.45, 2.75) is 71.1 Å². The number of carbonyl (C=O) groups is 2. The lowest BCUT2D eigenvalue weighted by molar-refractivity contribution is 0.0199. The Bertz CT molecular complexity index is 1020. The highest BCUT2D eigenvalue weighted by Crippen LogP contribution is 2.23. The summed E-state index contributed by atoms with van der Waals surface area (Å²) in [6.07, 6.45) is 5.89. The highest BCUT2D eigenvalue weighted by molar-refractivity contribution is 5.92. The molecule has 2 aliphatic heterocycles. The summed E-state index contributed by atoms with van der Waals surface area (Å²) in [4.78, 5) is 37.5. The SMILES string of the molecule is Cc1ccc(N2CCC(Oc3cnc(C(=O)NC4CCN(C(=O)OC(C)(C)C)CC4)cn3)CC2)cc1. The molecule has 2 amide bonds. The summed E-state index contributed by atoms with van der Waals surface area (Å²) in [7, 11) is 0. The molecule has 1 aromatic carbocycles. The lowest BCUT2D eigenvalue weighted by Crippen LogP contribution is -2.47. The fourth-order valence-corrected chi connectivity index (χ4v) is 4.44. The number of nitrogens with one attached hydrogen (secondary N) is 1. The first-order valence-corrected chi connectivity index (χ1v) is 12.8. The Morgan fingerprint density at radius 2 is 1.61 bits per heavy atom. The van der Waals surface area contributed by atoms with Gasteiger partial charge >= 0.3 is 6.09 Å². The number of aryl methyl sites for hydroxylation is 1. The zero-order valence-corrected chi connectivity index (χ0v) is 21.7. The van der Waals surface area contributed by atoms with Gasteiger partial charge in [0, 0.05) is 50.7 Å². The van der Waals surface area contributed by atoms with E-state index in [1.165, 1.54) is 23.6 Å². The van der Waals surface area contributed by atoms with Crippen molar-refractivity contribution in [3.8, 4) is 5.88 Å². The minimum absolute atomic E-state index is 0.0207. The first kappa shape index (κ1) is 25.7. The third-order valence-electron chi connectivity index (χ3n) is 6.47. The second-order valence-electron chi connectivity index (χ2n) is 10.6. The number of ether oxygens (including phenoxy) is 2. The molecule has 2 aromatic rings. The molecule has 0 spiro atoms. The van der Waals surface area contributed by atoms with E-state index in [4.69, 9.17) is 9.47 Å². The van der Waals surface area contributed by atoms with Crippen molar-refractivity contribution in [2.75, 3.05) is 31.1 Å². The Labute approximate surface area is 213 Å². The Morgan fingerprint density at radius 1 is 0.944 bits per heavy atom. The molecule has 2 aliphatic rings. The molecule has 0 aliphatic carbocycles. The fourth-order valence-electron chi connectivity index (χ4n) is 4.44. The van der Waals surface area contributed by atoms with Gasteiger partial charge in [0.15, 0.2) is 0 Å². The number of aromatic nitrogens is 2. The molecule has 0 saturated carbocycles. The quantitative estimate of drug-likeness (QED) is 0.671. The van der Waals surface area contributed by atoms with Gasteiger partial charge in [-0.15, -0.1) is 0 Å². The summed E-state index contributed by atoms with van der Waals surface area (Å²) in [5.41, 5.74) is 2.24. The predicted octanol–water partition coefficient (Wildman–Crippen LogP) is 3.96. The number of carbonyl (C=O) groups excluding carboxylic acids is 2. The van der Waals surface area contributed by atoms with Crippen molar-refractivity contribution in [2.24, 2.45) is 0 Å². The minimum atomic E-state index is -0.518. The van der Waals surface area contributed by atoms with Gasteiger partial charge in [-0.05, 0) is 52.7 Å². The van der Waals surface area contributed by atoms with Crippen LogP contribution in [0.25, 0.3) is 0 Å². The summed E-state index contributed by atoms with van der Waals surface area (Å²) >= 11 is 0. The summed E-state index contributed by atoms with van der Waals surface area (Å²) < 4.78 is 11.5. The van der Waals surface area contributed by atoms with Gasteiger partial charge in [-0.25, -0.2) is 14.8 Å². The maximum absolute atomic E-state index is 12.6. The van der Waals surface area contributed by atoms with Crippen LogP contribution >= 0.6 is 0 Å². The molecule has 1 aromatic heterocycles. The molecule has 4 rings (SSSR count). The molecule has 0 atom stereocenters. The second-order valence-corrected chi connectivity index (χ2v) is 10.6. The Hall–Kier alpha value is -3.36. The maximum Gasteiger partial charge on any atom is 0.410 e. The van der Waals surface area contributed by atoms with Gasteiger partial charge in [0.2, 0.25) is 5.88 Å². The lowest BCUT2D eigenvalue weighted by Gasteiger charge is -2.33. The second kappa shape index (κ2) is 11.1. The largest absolute Gasteiger partial charge is 0.473 e. The van der Waals surface area contributed by atoms with E-state index >= 15 is 0 Å². The number of piperidine rings is 2. The monoisotopic (exact) mass is 495 g/mol. The van der Waals surface area contributed by atoms with Gasteiger partial charge in [0.25, 0.3) is 5.91 Å². The van der Waals surface area contributed by atoms with Crippen molar-refractivity contribution in [3.05, 3.63) is 47.9 Å². The van der Waals surface area contributed by atoms with Crippen LogP contribution in [0.3, 0.4) is 0 Å². The molecule has 0 radical (unpaired) electrons. The van der Waals surface area contributed by atoms with Gasteiger partial charge < -0.3 is 24.6 Å². The molecule has 9 heteroatoms. The number of hydrogen-bond donors (Lipinski definition) is 1. The molecule has 1 N–H and O–H groups in total. The lowest BCUT2D eigenvalue weighted by atomic mass is 10.1. The van der Waals surface area contributed by atoms with Gasteiger partial charge in [-0.2, -0.15) is 0 Å².